The highest BCUT2D eigenvalue weighted by molar-refractivity contribution is 7.93. The van der Waals surface area contributed by atoms with E-state index in [1.807, 2.05) is 0 Å². The fourth-order valence-corrected chi connectivity index (χ4v) is 4.52. The Kier molecular flexibility index (Phi) is 4.29. The van der Waals surface area contributed by atoms with Crippen molar-refractivity contribution < 1.29 is 23.1 Å². The number of carboxylic acid groups (broad SMARTS) is 1. The Morgan fingerprint density at radius 2 is 1.88 bits per heavy atom. The molecular formula is C17H17NO5S. The minimum atomic E-state index is -3.97. The molecule has 0 spiro atoms. The maximum Gasteiger partial charge on any atom is 0.327 e. The van der Waals surface area contributed by atoms with Crippen molar-refractivity contribution in [2.45, 2.75) is 24.0 Å². The maximum atomic E-state index is 13.0. The maximum absolute atomic E-state index is 13.0. The zero-order valence-electron chi connectivity index (χ0n) is 13.0. The topological polar surface area (TPSA) is 83.9 Å². The van der Waals surface area contributed by atoms with Crippen molar-refractivity contribution >= 4 is 21.7 Å². The second kappa shape index (κ2) is 6.26. The third-order valence-electron chi connectivity index (χ3n) is 4.00. The van der Waals surface area contributed by atoms with Crippen molar-refractivity contribution in [2.75, 3.05) is 11.4 Å². The van der Waals surface area contributed by atoms with E-state index in [2.05, 4.69) is 0 Å². The molecule has 0 amide bonds. The smallest absolute Gasteiger partial charge is 0.327 e. The molecule has 126 valence electrons. The predicted molar refractivity (Wildman–Crippen MR) is 88.4 cm³/mol. The third-order valence-corrected chi connectivity index (χ3v) is 5.84. The molecule has 7 heteroatoms. The van der Waals surface area contributed by atoms with Gasteiger partial charge in [-0.1, -0.05) is 30.3 Å². The molecular weight excluding hydrogens is 330 g/mol. The molecule has 1 heterocycles. The Balaban J connectivity index is 2.05. The summed E-state index contributed by atoms with van der Waals surface area (Å²) in [6.07, 6.45) is 0.159. The number of para-hydroxylation sites is 1. The Hall–Kier alpha value is -2.38. The van der Waals surface area contributed by atoms with Crippen LogP contribution < -0.4 is 4.31 Å². The molecule has 2 aromatic carbocycles. The van der Waals surface area contributed by atoms with Crippen LogP contribution >= 0.6 is 0 Å². The molecule has 0 saturated heterocycles. The summed E-state index contributed by atoms with van der Waals surface area (Å²) in [6.45, 7) is 0.380. The second-order valence-electron chi connectivity index (χ2n) is 5.56. The van der Waals surface area contributed by atoms with E-state index in [9.17, 15) is 18.3 Å². The molecule has 0 aromatic heterocycles. The van der Waals surface area contributed by atoms with Gasteiger partial charge in [0.1, 0.15) is 6.04 Å². The number of sulfonamides is 1. The first kappa shape index (κ1) is 16.5. The first-order valence-corrected chi connectivity index (χ1v) is 8.82. The minimum absolute atomic E-state index is 0.0605. The molecule has 0 radical (unpaired) electrons. The highest BCUT2D eigenvalue weighted by Gasteiger charge is 2.42. The van der Waals surface area contributed by atoms with Crippen LogP contribution in [0.4, 0.5) is 5.69 Å². The van der Waals surface area contributed by atoms with E-state index in [1.165, 1.54) is 12.1 Å². The summed E-state index contributed by atoms with van der Waals surface area (Å²) in [5.74, 6) is -1.16. The lowest BCUT2D eigenvalue weighted by atomic mass is 10.1. The van der Waals surface area contributed by atoms with Gasteiger partial charge in [0.05, 0.1) is 17.2 Å². The quantitative estimate of drug-likeness (QED) is 0.895. The summed E-state index contributed by atoms with van der Waals surface area (Å²) in [5, 5.41) is 9.46. The van der Waals surface area contributed by atoms with Crippen molar-refractivity contribution in [2.24, 2.45) is 0 Å². The molecule has 0 saturated carbocycles. The van der Waals surface area contributed by atoms with Crippen LogP contribution in [0.2, 0.25) is 0 Å². The molecule has 1 unspecified atom stereocenters. The zero-order valence-corrected chi connectivity index (χ0v) is 13.9. The fourth-order valence-electron chi connectivity index (χ4n) is 2.88. The molecule has 1 aliphatic heterocycles. The molecule has 0 aliphatic carbocycles. The monoisotopic (exact) mass is 347 g/mol. The van der Waals surface area contributed by atoms with E-state index in [4.69, 9.17) is 4.74 Å². The summed E-state index contributed by atoms with van der Waals surface area (Å²) >= 11 is 0. The van der Waals surface area contributed by atoms with E-state index >= 15 is 0 Å². The van der Waals surface area contributed by atoms with Gasteiger partial charge in [-0.05, 0) is 29.3 Å². The molecule has 6 nitrogen and oxygen atoms in total. The number of hydrogen-bond donors (Lipinski definition) is 1. The van der Waals surface area contributed by atoms with Crippen molar-refractivity contribution in [3.05, 3.63) is 59.7 Å². The number of ether oxygens (including phenoxy) is 1. The Morgan fingerprint density at radius 3 is 2.50 bits per heavy atom. The van der Waals surface area contributed by atoms with Crippen molar-refractivity contribution in [3.63, 3.8) is 0 Å². The number of carbonyl (C=O) groups is 1. The minimum Gasteiger partial charge on any atom is -0.480 e. The summed E-state index contributed by atoms with van der Waals surface area (Å²) < 4.78 is 32.0. The molecule has 2 aromatic rings. The molecule has 1 atom stereocenters. The highest BCUT2D eigenvalue weighted by atomic mass is 32.2. The predicted octanol–water partition coefficient (Wildman–Crippen LogP) is 2.04. The Morgan fingerprint density at radius 1 is 1.21 bits per heavy atom. The van der Waals surface area contributed by atoms with Gasteiger partial charge in [0, 0.05) is 13.5 Å². The summed E-state index contributed by atoms with van der Waals surface area (Å²) in [4.78, 5) is 11.6. The number of nitrogens with zero attached hydrogens (tertiary/aromatic N) is 1. The van der Waals surface area contributed by atoms with Crippen LogP contribution in [-0.2, 0) is 32.6 Å². The lowest BCUT2D eigenvalue weighted by molar-refractivity contribution is -0.138. The van der Waals surface area contributed by atoms with Crippen LogP contribution in [0.3, 0.4) is 0 Å². The number of methoxy groups -OCH3 is 1. The number of fused-ring (bicyclic) bond motifs is 1. The molecule has 24 heavy (non-hydrogen) atoms. The first-order valence-electron chi connectivity index (χ1n) is 7.38. The Bertz CT molecular complexity index is 861. The van der Waals surface area contributed by atoms with Gasteiger partial charge in [-0.2, -0.15) is 0 Å². The Labute approximate surface area is 140 Å². The number of benzene rings is 2. The number of carboxylic acids is 1. The number of aliphatic carboxylic acids is 1. The van der Waals surface area contributed by atoms with Gasteiger partial charge < -0.3 is 9.84 Å². The lowest BCUT2D eigenvalue weighted by Gasteiger charge is -2.24. The highest BCUT2D eigenvalue weighted by Crippen LogP contribution is 2.36. The van der Waals surface area contributed by atoms with Crippen LogP contribution in [-0.4, -0.2) is 32.6 Å². The largest absolute Gasteiger partial charge is 0.480 e. The third kappa shape index (κ3) is 2.76. The van der Waals surface area contributed by atoms with Crippen LogP contribution in [0.15, 0.2) is 53.4 Å². The standard InChI is InChI=1S/C17H17NO5S/c1-23-11-12-6-8-14(9-7-12)24(21,22)18-15-5-3-2-4-13(15)10-16(18)17(19)20/h2-9,16H,10-11H2,1H3,(H,19,20). The van der Waals surface area contributed by atoms with E-state index in [-0.39, 0.29) is 11.3 Å². The van der Waals surface area contributed by atoms with Crippen molar-refractivity contribution in [1.82, 2.24) is 0 Å². The van der Waals surface area contributed by atoms with Gasteiger partial charge in [-0.3, -0.25) is 4.31 Å². The van der Waals surface area contributed by atoms with Gasteiger partial charge in [0.15, 0.2) is 0 Å². The number of anilines is 1. The van der Waals surface area contributed by atoms with Gasteiger partial charge in [0.2, 0.25) is 0 Å². The van der Waals surface area contributed by atoms with E-state index in [1.54, 1.807) is 43.5 Å². The van der Waals surface area contributed by atoms with E-state index in [0.29, 0.717) is 17.9 Å². The molecule has 0 bridgehead atoms. The molecule has 1 N–H and O–H groups in total. The van der Waals surface area contributed by atoms with Gasteiger partial charge >= 0.3 is 5.97 Å². The van der Waals surface area contributed by atoms with Crippen molar-refractivity contribution in [1.29, 1.82) is 0 Å². The summed E-state index contributed by atoms with van der Waals surface area (Å²) in [6, 6.07) is 12.0. The normalized spacial score (nSPS) is 16.9. The molecule has 0 fully saturated rings. The van der Waals surface area contributed by atoms with E-state index in [0.717, 1.165) is 9.87 Å². The lowest BCUT2D eigenvalue weighted by Crippen LogP contribution is -2.42. The van der Waals surface area contributed by atoms with Gasteiger partial charge in [0.25, 0.3) is 10.0 Å². The number of hydrogen-bond acceptors (Lipinski definition) is 4. The van der Waals surface area contributed by atoms with Crippen LogP contribution in [0.5, 0.6) is 0 Å². The van der Waals surface area contributed by atoms with Crippen LogP contribution in [0, 0.1) is 0 Å². The van der Waals surface area contributed by atoms with Crippen LogP contribution in [0.25, 0.3) is 0 Å². The van der Waals surface area contributed by atoms with E-state index < -0.39 is 22.0 Å². The molecule has 1 aliphatic rings. The number of rotatable bonds is 5. The van der Waals surface area contributed by atoms with Gasteiger partial charge in [-0.15, -0.1) is 0 Å². The van der Waals surface area contributed by atoms with Crippen LogP contribution in [0.1, 0.15) is 11.1 Å². The average molecular weight is 347 g/mol. The van der Waals surface area contributed by atoms with Crippen molar-refractivity contribution in [3.8, 4) is 0 Å². The molecule has 3 rings (SSSR count). The SMILES string of the molecule is COCc1ccc(S(=O)(=O)N2c3ccccc3CC2C(=O)O)cc1. The fraction of sp³-hybridized carbons (Fsp3) is 0.235. The first-order chi connectivity index (χ1) is 11.4. The average Bonchev–Trinajstić information content (AvgIpc) is 2.96. The summed E-state index contributed by atoms with van der Waals surface area (Å²) in [5.41, 5.74) is 1.98. The second-order valence-corrected chi connectivity index (χ2v) is 7.38. The summed E-state index contributed by atoms with van der Waals surface area (Å²) in [7, 11) is -2.41. The zero-order chi connectivity index (χ0) is 17.3. The van der Waals surface area contributed by atoms with Gasteiger partial charge in [-0.25, -0.2) is 13.2 Å².